The Morgan fingerprint density at radius 3 is 2.68 bits per heavy atom. The van der Waals surface area contributed by atoms with E-state index in [1.165, 1.54) is 18.5 Å². The fourth-order valence-corrected chi connectivity index (χ4v) is 1.57. The van der Waals surface area contributed by atoms with Crippen LogP contribution in [0.4, 0.5) is 14.6 Å². The van der Waals surface area contributed by atoms with Gasteiger partial charge in [-0.3, -0.25) is 4.79 Å². The molecule has 0 aliphatic heterocycles. The van der Waals surface area contributed by atoms with Gasteiger partial charge in [-0.05, 0) is 17.7 Å². The molecule has 1 amide bonds. The molecule has 19 heavy (non-hydrogen) atoms. The van der Waals surface area contributed by atoms with Crippen LogP contribution in [0.1, 0.15) is 5.56 Å². The standard InChI is InChI=1S/C12H8ClF2N3O/c13-10-5-11(17-6-16-10)18-12(19)4-7-1-2-8(14)9(15)3-7/h1-3,5-6H,4H2,(H,16,17,18,19). The molecule has 0 unspecified atom stereocenters. The molecule has 1 aromatic heterocycles. The number of hydrogen-bond donors (Lipinski definition) is 1. The third kappa shape index (κ3) is 3.69. The summed E-state index contributed by atoms with van der Waals surface area (Å²) in [4.78, 5) is 19.1. The van der Waals surface area contributed by atoms with E-state index in [-0.39, 0.29) is 17.4 Å². The van der Waals surface area contributed by atoms with Crippen molar-refractivity contribution in [2.45, 2.75) is 6.42 Å². The van der Waals surface area contributed by atoms with Crippen LogP contribution in [0, 0.1) is 11.6 Å². The normalized spacial score (nSPS) is 10.3. The number of amides is 1. The summed E-state index contributed by atoms with van der Waals surface area (Å²) >= 11 is 5.63. The molecule has 0 spiro atoms. The first kappa shape index (κ1) is 13.4. The number of carbonyl (C=O) groups is 1. The van der Waals surface area contributed by atoms with Crippen molar-refractivity contribution < 1.29 is 13.6 Å². The van der Waals surface area contributed by atoms with Crippen LogP contribution in [0.15, 0.2) is 30.6 Å². The second-order valence-corrected chi connectivity index (χ2v) is 4.09. The van der Waals surface area contributed by atoms with Crippen molar-refractivity contribution in [1.29, 1.82) is 0 Å². The molecule has 0 saturated carbocycles. The molecule has 98 valence electrons. The van der Waals surface area contributed by atoms with Crippen LogP contribution in [-0.4, -0.2) is 15.9 Å². The number of hydrogen-bond acceptors (Lipinski definition) is 3. The van der Waals surface area contributed by atoms with E-state index in [1.807, 2.05) is 0 Å². The van der Waals surface area contributed by atoms with E-state index in [0.29, 0.717) is 5.56 Å². The minimum atomic E-state index is -0.990. The molecule has 7 heteroatoms. The molecular weight excluding hydrogens is 276 g/mol. The Hall–Kier alpha value is -2.08. The average Bonchev–Trinajstić information content (AvgIpc) is 2.34. The van der Waals surface area contributed by atoms with Crippen LogP contribution in [0.3, 0.4) is 0 Å². The molecule has 0 aliphatic rings. The molecule has 0 aliphatic carbocycles. The maximum atomic E-state index is 13.0. The van der Waals surface area contributed by atoms with E-state index in [2.05, 4.69) is 15.3 Å². The zero-order valence-corrected chi connectivity index (χ0v) is 10.3. The SMILES string of the molecule is O=C(Cc1ccc(F)c(F)c1)Nc1cc(Cl)ncn1. The Morgan fingerprint density at radius 2 is 2.00 bits per heavy atom. The zero-order chi connectivity index (χ0) is 13.8. The van der Waals surface area contributed by atoms with Gasteiger partial charge < -0.3 is 5.32 Å². The van der Waals surface area contributed by atoms with Gasteiger partial charge in [-0.25, -0.2) is 18.7 Å². The zero-order valence-electron chi connectivity index (χ0n) is 9.53. The summed E-state index contributed by atoms with van der Waals surface area (Å²) in [5.74, 6) is -2.12. The van der Waals surface area contributed by atoms with Gasteiger partial charge in [-0.15, -0.1) is 0 Å². The molecule has 0 fully saturated rings. The van der Waals surface area contributed by atoms with Crippen LogP contribution < -0.4 is 5.32 Å². The Morgan fingerprint density at radius 1 is 1.21 bits per heavy atom. The van der Waals surface area contributed by atoms with Crippen molar-refractivity contribution in [1.82, 2.24) is 9.97 Å². The van der Waals surface area contributed by atoms with E-state index in [9.17, 15) is 13.6 Å². The minimum Gasteiger partial charge on any atom is -0.310 e. The summed E-state index contributed by atoms with van der Waals surface area (Å²) < 4.78 is 25.7. The van der Waals surface area contributed by atoms with Gasteiger partial charge >= 0.3 is 0 Å². The van der Waals surface area contributed by atoms with E-state index >= 15 is 0 Å². The van der Waals surface area contributed by atoms with Gasteiger partial charge in [0, 0.05) is 6.07 Å². The fourth-order valence-electron chi connectivity index (χ4n) is 1.42. The molecule has 0 atom stereocenters. The second kappa shape index (κ2) is 5.71. The number of nitrogens with one attached hydrogen (secondary N) is 1. The first-order valence-electron chi connectivity index (χ1n) is 5.26. The van der Waals surface area contributed by atoms with Crippen LogP contribution in [0.5, 0.6) is 0 Å². The van der Waals surface area contributed by atoms with Gasteiger partial charge in [0.25, 0.3) is 0 Å². The van der Waals surface area contributed by atoms with Gasteiger partial charge in [-0.2, -0.15) is 0 Å². The van der Waals surface area contributed by atoms with Gasteiger partial charge in [0.15, 0.2) is 11.6 Å². The third-order valence-corrected chi connectivity index (χ3v) is 2.46. The topological polar surface area (TPSA) is 54.9 Å². The van der Waals surface area contributed by atoms with E-state index < -0.39 is 17.5 Å². The van der Waals surface area contributed by atoms with E-state index in [4.69, 9.17) is 11.6 Å². The summed E-state index contributed by atoms with van der Waals surface area (Å²) in [6.07, 6.45) is 1.11. The summed E-state index contributed by atoms with van der Waals surface area (Å²) in [7, 11) is 0. The Balaban J connectivity index is 2.03. The van der Waals surface area contributed by atoms with Gasteiger partial charge in [0.1, 0.15) is 17.3 Å². The van der Waals surface area contributed by atoms with Crippen LogP contribution >= 0.6 is 11.6 Å². The van der Waals surface area contributed by atoms with Crippen LogP contribution in [0.2, 0.25) is 5.15 Å². The first-order valence-corrected chi connectivity index (χ1v) is 5.64. The van der Waals surface area contributed by atoms with Crippen molar-refractivity contribution >= 4 is 23.3 Å². The highest BCUT2D eigenvalue weighted by atomic mass is 35.5. The number of halogens is 3. The lowest BCUT2D eigenvalue weighted by molar-refractivity contribution is -0.115. The number of carbonyl (C=O) groups excluding carboxylic acids is 1. The molecular formula is C12H8ClF2N3O. The Kier molecular flexibility index (Phi) is 4.01. The van der Waals surface area contributed by atoms with Crippen LogP contribution in [-0.2, 0) is 11.2 Å². The van der Waals surface area contributed by atoms with Crippen LogP contribution in [0.25, 0.3) is 0 Å². The lowest BCUT2D eigenvalue weighted by Crippen LogP contribution is -2.15. The fraction of sp³-hybridized carbons (Fsp3) is 0.0833. The highest BCUT2D eigenvalue weighted by molar-refractivity contribution is 6.29. The quantitative estimate of drug-likeness (QED) is 0.881. The molecule has 2 aromatic rings. The van der Waals surface area contributed by atoms with Crippen molar-refractivity contribution in [3.05, 3.63) is 52.9 Å². The minimum absolute atomic E-state index is 0.0984. The Bertz CT molecular complexity index is 622. The number of nitrogens with zero attached hydrogens (tertiary/aromatic N) is 2. The predicted octanol–water partition coefficient (Wildman–Crippen LogP) is 2.59. The van der Waals surface area contributed by atoms with Gasteiger partial charge in [0.2, 0.25) is 5.91 Å². The maximum Gasteiger partial charge on any atom is 0.229 e. The molecule has 0 bridgehead atoms. The summed E-state index contributed by atoms with van der Waals surface area (Å²) in [5, 5.41) is 2.67. The van der Waals surface area contributed by atoms with Gasteiger partial charge in [-0.1, -0.05) is 17.7 Å². The molecule has 2 rings (SSSR count). The van der Waals surface area contributed by atoms with Gasteiger partial charge in [0.05, 0.1) is 6.42 Å². The molecule has 1 N–H and O–H groups in total. The van der Waals surface area contributed by atoms with Crippen molar-refractivity contribution in [3.63, 3.8) is 0 Å². The lowest BCUT2D eigenvalue weighted by Gasteiger charge is -2.04. The van der Waals surface area contributed by atoms with Crippen molar-refractivity contribution in [3.8, 4) is 0 Å². The van der Waals surface area contributed by atoms with E-state index in [1.54, 1.807) is 0 Å². The second-order valence-electron chi connectivity index (χ2n) is 3.70. The molecule has 0 radical (unpaired) electrons. The number of anilines is 1. The number of benzene rings is 1. The highest BCUT2D eigenvalue weighted by Crippen LogP contribution is 2.11. The number of rotatable bonds is 3. The molecule has 4 nitrogen and oxygen atoms in total. The highest BCUT2D eigenvalue weighted by Gasteiger charge is 2.08. The smallest absolute Gasteiger partial charge is 0.229 e. The summed E-state index contributed by atoms with van der Waals surface area (Å²) in [6.45, 7) is 0. The maximum absolute atomic E-state index is 13.0. The summed E-state index contributed by atoms with van der Waals surface area (Å²) in [6, 6.07) is 4.66. The molecule has 0 saturated heterocycles. The third-order valence-electron chi connectivity index (χ3n) is 2.25. The average molecular weight is 284 g/mol. The van der Waals surface area contributed by atoms with Crippen molar-refractivity contribution in [2.24, 2.45) is 0 Å². The Labute approximate surface area is 112 Å². The van der Waals surface area contributed by atoms with Crippen molar-refractivity contribution in [2.75, 3.05) is 5.32 Å². The summed E-state index contributed by atoms with van der Waals surface area (Å²) in [5.41, 5.74) is 0.358. The predicted molar refractivity (Wildman–Crippen MR) is 65.7 cm³/mol. The first-order chi connectivity index (χ1) is 9.04. The number of aromatic nitrogens is 2. The molecule has 1 heterocycles. The lowest BCUT2D eigenvalue weighted by atomic mass is 10.1. The largest absolute Gasteiger partial charge is 0.310 e. The monoisotopic (exact) mass is 283 g/mol. The van der Waals surface area contributed by atoms with E-state index in [0.717, 1.165) is 12.1 Å². The molecule has 1 aromatic carbocycles.